The second-order valence-electron chi connectivity index (χ2n) is 7.22. The van der Waals surface area contributed by atoms with Crippen LogP contribution in [0, 0.1) is 24.6 Å². The Bertz CT molecular complexity index is 1340. The fourth-order valence-corrected chi connectivity index (χ4v) is 3.05. The lowest BCUT2D eigenvalue weighted by molar-refractivity contribution is 0.0882. The Kier molecular flexibility index (Phi) is 5.25. The highest BCUT2D eigenvalue weighted by atomic mass is 19.1. The zero-order valence-electron chi connectivity index (χ0n) is 16.8. The molecule has 2 aromatic heterocycles. The van der Waals surface area contributed by atoms with Gasteiger partial charge in [0.05, 0.1) is 17.4 Å². The van der Waals surface area contributed by atoms with E-state index in [4.69, 9.17) is 10.2 Å². The fourth-order valence-electron chi connectivity index (χ4n) is 3.05. The van der Waals surface area contributed by atoms with Gasteiger partial charge in [0.1, 0.15) is 17.8 Å². The number of aliphatic hydroxyl groups is 2. The van der Waals surface area contributed by atoms with Gasteiger partial charge in [-0.2, -0.15) is 0 Å². The van der Waals surface area contributed by atoms with Crippen LogP contribution in [-0.4, -0.2) is 25.2 Å². The molecule has 0 saturated carbocycles. The molecule has 0 aliphatic heterocycles. The number of nitrogens with two attached hydrogens (primary N) is 1. The summed E-state index contributed by atoms with van der Waals surface area (Å²) in [6.45, 7) is 3.22. The molecular formula is C23H19FN4O3. The zero-order valence-corrected chi connectivity index (χ0v) is 16.8. The normalized spacial score (nSPS) is 14.0. The lowest BCUT2D eigenvalue weighted by Gasteiger charge is -2.11. The van der Waals surface area contributed by atoms with Crippen LogP contribution in [0.1, 0.15) is 36.1 Å². The molecule has 0 saturated heterocycles. The van der Waals surface area contributed by atoms with Crippen molar-refractivity contribution in [3.05, 3.63) is 77.4 Å². The van der Waals surface area contributed by atoms with E-state index in [1.165, 1.54) is 31.3 Å². The van der Waals surface area contributed by atoms with Gasteiger partial charge in [-0.1, -0.05) is 24.0 Å². The number of nitrogens with zero attached hydrogens (tertiary/aromatic N) is 3. The molecule has 0 bridgehead atoms. The maximum Gasteiger partial charge on any atom is 0.239 e. The van der Waals surface area contributed by atoms with Gasteiger partial charge in [0.25, 0.3) is 0 Å². The van der Waals surface area contributed by atoms with E-state index in [1.807, 2.05) is 0 Å². The van der Waals surface area contributed by atoms with Crippen LogP contribution < -0.4 is 5.73 Å². The monoisotopic (exact) mass is 418 g/mol. The van der Waals surface area contributed by atoms with E-state index in [-0.39, 0.29) is 17.4 Å². The van der Waals surface area contributed by atoms with Crippen molar-refractivity contribution in [2.75, 3.05) is 0 Å². The molecule has 4 aromatic rings. The molecule has 7 nitrogen and oxygen atoms in total. The third-order valence-electron chi connectivity index (χ3n) is 4.58. The number of hydrogen-bond donors (Lipinski definition) is 3. The lowest BCUT2D eigenvalue weighted by Crippen LogP contribution is -2.18. The van der Waals surface area contributed by atoms with Crippen molar-refractivity contribution in [3.63, 3.8) is 0 Å². The van der Waals surface area contributed by atoms with Crippen molar-refractivity contribution >= 4 is 10.9 Å². The van der Waals surface area contributed by atoms with Gasteiger partial charge in [0.15, 0.2) is 11.4 Å². The zero-order chi connectivity index (χ0) is 22.2. The minimum absolute atomic E-state index is 0.107. The maximum atomic E-state index is 13.7. The second-order valence-corrected chi connectivity index (χ2v) is 7.22. The number of aliphatic hydroxyl groups excluding tert-OH is 1. The third-order valence-corrected chi connectivity index (χ3v) is 4.58. The second kappa shape index (κ2) is 7.89. The summed E-state index contributed by atoms with van der Waals surface area (Å²) >= 11 is 0. The molecular weight excluding hydrogens is 399 g/mol. The Morgan fingerprint density at radius 3 is 2.71 bits per heavy atom. The van der Waals surface area contributed by atoms with Crippen molar-refractivity contribution in [1.82, 2.24) is 15.0 Å². The number of aryl methyl sites for hydroxylation is 1. The molecule has 0 radical (unpaired) electrons. The van der Waals surface area contributed by atoms with E-state index >= 15 is 0 Å². The first-order valence-corrected chi connectivity index (χ1v) is 9.43. The van der Waals surface area contributed by atoms with Crippen LogP contribution >= 0.6 is 0 Å². The van der Waals surface area contributed by atoms with Crippen molar-refractivity contribution in [2.45, 2.75) is 25.7 Å². The number of aromatic nitrogens is 3. The molecule has 0 aliphatic carbocycles. The van der Waals surface area contributed by atoms with E-state index in [1.54, 1.807) is 31.2 Å². The van der Waals surface area contributed by atoms with Gasteiger partial charge < -0.3 is 20.4 Å². The van der Waals surface area contributed by atoms with E-state index in [0.717, 1.165) is 0 Å². The number of fused-ring (bicyclic) bond motifs is 1. The largest absolute Gasteiger partial charge is 0.442 e. The van der Waals surface area contributed by atoms with Crippen LogP contribution in [0.3, 0.4) is 0 Å². The van der Waals surface area contributed by atoms with Crippen LogP contribution in [0.5, 0.6) is 0 Å². The third kappa shape index (κ3) is 4.29. The molecule has 0 amide bonds. The molecule has 0 fully saturated rings. The average Bonchev–Trinajstić information content (AvgIpc) is 3.19. The molecule has 2 heterocycles. The highest BCUT2D eigenvalue weighted by Crippen LogP contribution is 2.25. The highest BCUT2D eigenvalue weighted by Gasteiger charge is 2.26. The first kappa shape index (κ1) is 20.6. The maximum absolute atomic E-state index is 13.7. The molecule has 2 aromatic carbocycles. The van der Waals surface area contributed by atoms with Crippen molar-refractivity contribution in [1.29, 1.82) is 0 Å². The fraction of sp³-hybridized carbons (Fsp3) is 0.174. The van der Waals surface area contributed by atoms with Gasteiger partial charge in [-0.05, 0) is 38.1 Å². The molecule has 31 heavy (non-hydrogen) atoms. The van der Waals surface area contributed by atoms with Gasteiger partial charge >= 0.3 is 0 Å². The minimum atomic E-state index is -1.57. The summed E-state index contributed by atoms with van der Waals surface area (Å²) in [6.07, 6.45) is 0.159. The van der Waals surface area contributed by atoms with Gasteiger partial charge in [-0.15, -0.1) is 0 Å². The summed E-state index contributed by atoms with van der Waals surface area (Å²) in [6, 6.07) is 11.0. The number of oxazole rings is 1. The van der Waals surface area contributed by atoms with Crippen LogP contribution in [-0.2, 0) is 5.60 Å². The van der Waals surface area contributed by atoms with Gasteiger partial charge in [0.2, 0.25) is 5.89 Å². The molecule has 0 aliphatic rings. The first-order chi connectivity index (χ1) is 14.7. The van der Waals surface area contributed by atoms with Gasteiger partial charge in [-0.3, -0.25) is 0 Å². The lowest BCUT2D eigenvalue weighted by atomic mass is 10.1. The Labute approximate surface area is 177 Å². The predicted molar refractivity (Wildman–Crippen MR) is 112 cm³/mol. The molecule has 156 valence electrons. The number of rotatable bonds is 3. The van der Waals surface area contributed by atoms with E-state index < -0.39 is 17.6 Å². The molecule has 0 spiro atoms. The van der Waals surface area contributed by atoms with Crippen LogP contribution in [0.25, 0.3) is 22.3 Å². The molecule has 8 heteroatoms. The van der Waals surface area contributed by atoms with Gasteiger partial charge in [-0.25, -0.2) is 19.3 Å². The summed E-state index contributed by atoms with van der Waals surface area (Å²) in [7, 11) is 0. The van der Waals surface area contributed by atoms with E-state index in [0.29, 0.717) is 27.8 Å². The summed E-state index contributed by atoms with van der Waals surface area (Å²) in [5, 5.41) is 21.0. The quantitative estimate of drug-likeness (QED) is 0.346. The molecule has 4 rings (SSSR count). The number of benzene rings is 2. The number of hydrogen-bond acceptors (Lipinski definition) is 7. The standard InChI is InChI=1S/C23H19FN4O3/c1-13-12-26-22(31-13)23(2,30)9-8-14-4-3-5-15(10-14)21-27-18-11-16(24)6-7-17(18)19(28-21)20(25)29/h3-7,10-12,20,29-30H,25H2,1-2H3/t20?,23-/m0/s1. The molecule has 1 unspecified atom stereocenters. The van der Waals surface area contributed by atoms with Crippen LogP contribution in [0.4, 0.5) is 4.39 Å². The van der Waals surface area contributed by atoms with Crippen molar-refractivity contribution in [3.8, 4) is 23.2 Å². The molecule has 4 N–H and O–H groups in total. The van der Waals surface area contributed by atoms with Crippen LogP contribution in [0.15, 0.2) is 53.1 Å². The van der Waals surface area contributed by atoms with Crippen molar-refractivity contribution in [2.24, 2.45) is 5.73 Å². The van der Waals surface area contributed by atoms with Gasteiger partial charge in [0, 0.05) is 22.6 Å². The topological polar surface area (TPSA) is 118 Å². The summed E-state index contributed by atoms with van der Waals surface area (Å²) in [5.74, 6) is 6.12. The molecule has 2 atom stereocenters. The summed E-state index contributed by atoms with van der Waals surface area (Å²) in [4.78, 5) is 12.8. The Morgan fingerprint density at radius 1 is 1.19 bits per heavy atom. The summed E-state index contributed by atoms with van der Waals surface area (Å²) in [5.41, 5.74) is 5.77. The number of halogens is 1. The minimum Gasteiger partial charge on any atom is -0.442 e. The van der Waals surface area contributed by atoms with E-state index in [2.05, 4.69) is 26.8 Å². The first-order valence-electron chi connectivity index (χ1n) is 9.43. The Hall–Kier alpha value is -3.64. The van der Waals surface area contributed by atoms with Crippen molar-refractivity contribution < 1.29 is 19.0 Å². The summed E-state index contributed by atoms with van der Waals surface area (Å²) < 4.78 is 19.1. The Morgan fingerprint density at radius 2 is 2.00 bits per heavy atom. The Balaban J connectivity index is 1.75. The van der Waals surface area contributed by atoms with Crippen LogP contribution in [0.2, 0.25) is 0 Å². The highest BCUT2D eigenvalue weighted by molar-refractivity contribution is 5.83. The smallest absolute Gasteiger partial charge is 0.239 e. The SMILES string of the molecule is Cc1cnc([C@@](C)(O)C#Cc2cccc(-c3nc(C(N)O)c4ccc(F)cc4n3)c2)o1. The van der Waals surface area contributed by atoms with E-state index in [9.17, 15) is 14.6 Å². The average molecular weight is 418 g/mol. The predicted octanol–water partition coefficient (Wildman–Crippen LogP) is 2.94.